The summed E-state index contributed by atoms with van der Waals surface area (Å²) >= 11 is 1.35. The van der Waals surface area contributed by atoms with Crippen molar-refractivity contribution in [1.29, 1.82) is 0 Å². The van der Waals surface area contributed by atoms with E-state index in [1.54, 1.807) is 0 Å². The number of aromatic nitrogens is 2. The highest BCUT2D eigenvalue weighted by molar-refractivity contribution is 7.99. The predicted molar refractivity (Wildman–Crippen MR) is 121 cm³/mol. The van der Waals surface area contributed by atoms with Gasteiger partial charge in [-0.1, -0.05) is 53.7 Å². The summed E-state index contributed by atoms with van der Waals surface area (Å²) in [5.41, 5.74) is 3.16. The molecule has 0 saturated carbocycles. The van der Waals surface area contributed by atoms with Gasteiger partial charge >= 0.3 is 0 Å². The molecule has 1 fully saturated rings. The van der Waals surface area contributed by atoms with Gasteiger partial charge in [0.25, 0.3) is 0 Å². The third-order valence-electron chi connectivity index (χ3n) is 5.05. The molecular weight excluding hydrogens is 396 g/mol. The number of thioether (sulfide) groups is 1. The lowest BCUT2D eigenvalue weighted by molar-refractivity contribution is -0.118. The average molecular weight is 423 g/mol. The van der Waals surface area contributed by atoms with Crippen LogP contribution < -0.4 is 10.6 Å². The Morgan fingerprint density at radius 2 is 2.00 bits per heavy atom. The van der Waals surface area contributed by atoms with E-state index in [2.05, 4.69) is 20.6 Å². The molecule has 1 atom stereocenters. The molecule has 2 aromatic carbocycles. The number of hydrogen-bond donors (Lipinski definition) is 2. The SMILES string of the molecule is Cc1ccc(CNC(=O)CSc2nc(NCC3CCCO3)c3ccccc3n2)cc1. The molecule has 6 nitrogen and oxygen atoms in total. The van der Waals surface area contributed by atoms with Gasteiger partial charge < -0.3 is 15.4 Å². The highest BCUT2D eigenvalue weighted by atomic mass is 32.2. The first kappa shape index (κ1) is 20.6. The maximum atomic E-state index is 12.3. The minimum absolute atomic E-state index is 0.0359. The van der Waals surface area contributed by atoms with Crippen LogP contribution in [0, 0.1) is 6.92 Å². The zero-order valence-corrected chi connectivity index (χ0v) is 17.9. The second-order valence-corrected chi connectivity index (χ2v) is 8.38. The van der Waals surface area contributed by atoms with Crippen molar-refractivity contribution in [3.63, 3.8) is 0 Å². The lowest BCUT2D eigenvalue weighted by Crippen LogP contribution is -2.24. The summed E-state index contributed by atoms with van der Waals surface area (Å²) in [4.78, 5) is 21.6. The molecular formula is C23H26N4O2S. The minimum Gasteiger partial charge on any atom is -0.376 e. The van der Waals surface area contributed by atoms with Gasteiger partial charge in [0.2, 0.25) is 5.91 Å². The summed E-state index contributed by atoms with van der Waals surface area (Å²) in [5.74, 6) is 1.03. The Kier molecular flexibility index (Phi) is 6.81. The van der Waals surface area contributed by atoms with E-state index in [1.807, 2.05) is 55.5 Å². The first-order valence-corrected chi connectivity index (χ1v) is 11.2. The molecule has 2 heterocycles. The zero-order chi connectivity index (χ0) is 20.8. The standard InChI is InChI=1S/C23H26N4O2S/c1-16-8-10-17(11-9-16)13-24-21(28)15-30-23-26-20-7-3-2-6-19(20)22(27-23)25-14-18-5-4-12-29-18/h2-3,6-11,18H,4-5,12-15H2,1H3,(H,24,28)(H,25,26,27). The number of benzene rings is 2. The number of rotatable bonds is 8. The molecule has 7 heteroatoms. The monoisotopic (exact) mass is 422 g/mol. The van der Waals surface area contributed by atoms with E-state index in [0.29, 0.717) is 11.7 Å². The van der Waals surface area contributed by atoms with Crippen LogP contribution >= 0.6 is 11.8 Å². The number of ether oxygens (including phenoxy) is 1. The molecule has 1 unspecified atom stereocenters. The number of anilines is 1. The van der Waals surface area contributed by atoms with Crippen molar-refractivity contribution in [1.82, 2.24) is 15.3 Å². The number of amides is 1. The molecule has 0 bridgehead atoms. The Hall–Kier alpha value is -2.64. The van der Waals surface area contributed by atoms with Gasteiger partial charge in [-0.15, -0.1) is 0 Å². The fourth-order valence-corrected chi connectivity index (χ4v) is 4.04. The molecule has 1 aromatic heterocycles. The summed E-state index contributed by atoms with van der Waals surface area (Å²) in [7, 11) is 0. The van der Waals surface area contributed by atoms with Crippen molar-refractivity contribution in [2.45, 2.75) is 37.6 Å². The van der Waals surface area contributed by atoms with Crippen molar-refractivity contribution in [3.8, 4) is 0 Å². The van der Waals surface area contributed by atoms with E-state index in [4.69, 9.17) is 4.74 Å². The summed E-state index contributed by atoms with van der Waals surface area (Å²) < 4.78 is 5.70. The van der Waals surface area contributed by atoms with Gasteiger partial charge in [0.1, 0.15) is 5.82 Å². The number of fused-ring (bicyclic) bond motifs is 1. The first-order valence-electron chi connectivity index (χ1n) is 10.2. The summed E-state index contributed by atoms with van der Waals surface area (Å²) in [6.07, 6.45) is 2.40. The highest BCUT2D eigenvalue weighted by Crippen LogP contribution is 2.25. The van der Waals surface area contributed by atoms with Crippen LogP contribution in [0.25, 0.3) is 10.9 Å². The van der Waals surface area contributed by atoms with E-state index in [1.165, 1.54) is 17.3 Å². The van der Waals surface area contributed by atoms with Crippen LogP contribution in [0.5, 0.6) is 0 Å². The van der Waals surface area contributed by atoms with Crippen LogP contribution in [-0.2, 0) is 16.1 Å². The maximum Gasteiger partial charge on any atom is 0.230 e. The molecule has 2 N–H and O–H groups in total. The van der Waals surface area contributed by atoms with Gasteiger partial charge in [0, 0.05) is 25.1 Å². The van der Waals surface area contributed by atoms with Crippen molar-refractivity contribution in [3.05, 3.63) is 59.7 Å². The fraction of sp³-hybridized carbons (Fsp3) is 0.348. The number of para-hydroxylation sites is 1. The van der Waals surface area contributed by atoms with Crippen LogP contribution in [0.4, 0.5) is 5.82 Å². The van der Waals surface area contributed by atoms with Crippen molar-refractivity contribution in [2.24, 2.45) is 0 Å². The van der Waals surface area contributed by atoms with E-state index in [9.17, 15) is 4.79 Å². The molecule has 0 aliphatic carbocycles. The quantitative estimate of drug-likeness (QED) is 0.423. The molecule has 0 spiro atoms. The van der Waals surface area contributed by atoms with E-state index in [-0.39, 0.29) is 17.8 Å². The predicted octanol–water partition coefficient (Wildman–Crippen LogP) is 3.94. The number of nitrogens with zero attached hydrogens (tertiary/aromatic N) is 2. The lowest BCUT2D eigenvalue weighted by Gasteiger charge is -2.14. The Labute approximate surface area is 180 Å². The number of nitrogens with one attached hydrogen (secondary N) is 2. The number of hydrogen-bond acceptors (Lipinski definition) is 6. The van der Waals surface area contributed by atoms with E-state index < -0.39 is 0 Å². The molecule has 0 radical (unpaired) electrons. The van der Waals surface area contributed by atoms with Crippen LogP contribution in [0.3, 0.4) is 0 Å². The molecule has 1 aliphatic rings. The summed E-state index contributed by atoms with van der Waals surface area (Å²) in [5, 5.41) is 7.94. The molecule has 1 saturated heterocycles. The van der Waals surface area contributed by atoms with Gasteiger partial charge in [-0.05, 0) is 37.5 Å². The lowest BCUT2D eigenvalue weighted by atomic mass is 10.1. The summed E-state index contributed by atoms with van der Waals surface area (Å²) in [6.45, 7) is 4.12. The van der Waals surface area contributed by atoms with Gasteiger partial charge in [-0.3, -0.25) is 4.79 Å². The largest absolute Gasteiger partial charge is 0.376 e. The summed E-state index contributed by atoms with van der Waals surface area (Å²) in [6, 6.07) is 16.1. The number of carbonyl (C=O) groups excluding carboxylic acids is 1. The molecule has 3 aromatic rings. The van der Waals surface area contributed by atoms with Gasteiger partial charge in [-0.25, -0.2) is 9.97 Å². The second kappa shape index (κ2) is 9.91. The third kappa shape index (κ3) is 5.49. The zero-order valence-electron chi connectivity index (χ0n) is 17.1. The van der Waals surface area contributed by atoms with E-state index >= 15 is 0 Å². The molecule has 30 heavy (non-hydrogen) atoms. The van der Waals surface area contributed by atoms with Crippen molar-refractivity contribution >= 4 is 34.4 Å². The van der Waals surface area contributed by atoms with Crippen LogP contribution in [0.15, 0.2) is 53.7 Å². The van der Waals surface area contributed by atoms with Gasteiger partial charge in [0.05, 0.1) is 17.4 Å². The van der Waals surface area contributed by atoms with Crippen molar-refractivity contribution in [2.75, 3.05) is 24.2 Å². The Balaban J connectivity index is 1.37. The normalized spacial score (nSPS) is 16.0. The Morgan fingerprint density at radius 1 is 1.17 bits per heavy atom. The highest BCUT2D eigenvalue weighted by Gasteiger charge is 2.16. The van der Waals surface area contributed by atoms with Gasteiger partial charge in [-0.2, -0.15) is 0 Å². The first-order chi connectivity index (χ1) is 14.7. The average Bonchev–Trinajstić information content (AvgIpc) is 3.29. The Morgan fingerprint density at radius 3 is 2.80 bits per heavy atom. The Bertz CT molecular complexity index is 1000. The van der Waals surface area contributed by atoms with Gasteiger partial charge in [0.15, 0.2) is 5.16 Å². The van der Waals surface area contributed by atoms with E-state index in [0.717, 1.165) is 48.3 Å². The number of aryl methyl sites for hydroxylation is 1. The molecule has 4 rings (SSSR count). The van der Waals surface area contributed by atoms with Crippen molar-refractivity contribution < 1.29 is 9.53 Å². The van der Waals surface area contributed by atoms with Crippen LogP contribution in [0.2, 0.25) is 0 Å². The third-order valence-corrected chi connectivity index (χ3v) is 5.89. The topological polar surface area (TPSA) is 76.1 Å². The fourth-order valence-electron chi connectivity index (χ4n) is 3.36. The molecule has 1 aliphatic heterocycles. The minimum atomic E-state index is -0.0359. The van der Waals surface area contributed by atoms with Crippen LogP contribution in [0.1, 0.15) is 24.0 Å². The molecule has 156 valence electrons. The number of carbonyl (C=O) groups is 1. The van der Waals surface area contributed by atoms with Crippen LogP contribution in [-0.4, -0.2) is 40.9 Å². The maximum absolute atomic E-state index is 12.3. The second-order valence-electron chi connectivity index (χ2n) is 7.44. The molecule has 1 amide bonds. The smallest absolute Gasteiger partial charge is 0.230 e.